The molecule has 1 aromatic rings. The predicted octanol–water partition coefficient (Wildman–Crippen LogP) is 3.97. The minimum atomic E-state index is 0.592. The Morgan fingerprint density at radius 1 is 1.12 bits per heavy atom. The highest BCUT2D eigenvalue weighted by Gasteiger charge is 2.03. The summed E-state index contributed by atoms with van der Waals surface area (Å²) in [6.07, 6.45) is 2.30. The van der Waals surface area contributed by atoms with Crippen LogP contribution >= 0.6 is 0 Å². The zero-order valence-corrected chi connectivity index (χ0v) is 11.5. The lowest BCUT2D eigenvalue weighted by molar-refractivity contribution is 0.558. The van der Waals surface area contributed by atoms with E-state index in [2.05, 4.69) is 69.4 Å². The van der Waals surface area contributed by atoms with Gasteiger partial charge in [0.2, 0.25) is 0 Å². The molecule has 1 N–H and O–H groups in total. The average Bonchev–Trinajstić information content (AvgIpc) is 2.28. The van der Waals surface area contributed by atoms with Gasteiger partial charge in [-0.3, -0.25) is 0 Å². The third-order valence-corrected chi connectivity index (χ3v) is 2.77. The van der Waals surface area contributed by atoms with Crippen molar-refractivity contribution in [2.45, 2.75) is 27.7 Å². The quantitative estimate of drug-likeness (QED) is 0.781. The highest BCUT2D eigenvalue weighted by molar-refractivity contribution is 5.53. The van der Waals surface area contributed by atoms with E-state index in [4.69, 9.17) is 0 Å². The van der Waals surface area contributed by atoms with Crippen LogP contribution < -0.4 is 5.32 Å². The zero-order valence-electron chi connectivity index (χ0n) is 11.5. The van der Waals surface area contributed by atoms with Gasteiger partial charge in [0.15, 0.2) is 0 Å². The molecule has 17 heavy (non-hydrogen) atoms. The molecule has 0 heterocycles. The van der Waals surface area contributed by atoms with Crippen molar-refractivity contribution < 1.29 is 0 Å². The van der Waals surface area contributed by atoms with Crippen LogP contribution in [0.3, 0.4) is 0 Å². The summed E-state index contributed by atoms with van der Waals surface area (Å²) in [6, 6.07) is 10.6. The van der Waals surface area contributed by atoms with Crippen molar-refractivity contribution in [3.05, 3.63) is 41.5 Å². The Hall–Kier alpha value is -1.08. The van der Waals surface area contributed by atoms with Crippen molar-refractivity contribution in [3.63, 3.8) is 0 Å². The first-order valence-corrected chi connectivity index (χ1v) is 6.56. The summed E-state index contributed by atoms with van der Waals surface area (Å²) in [4.78, 5) is 0. The molecule has 0 atom stereocenters. The fraction of sp³-hybridized carbons (Fsp3) is 0.500. The molecule has 0 aromatic heterocycles. The van der Waals surface area contributed by atoms with Gasteiger partial charge in [-0.1, -0.05) is 69.7 Å². The zero-order chi connectivity index (χ0) is 12.7. The minimum absolute atomic E-state index is 0.592. The van der Waals surface area contributed by atoms with E-state index in [-0.39, 0.29) is 0 Å². The molecule has 0 spiro atoms. The summed E-state index contributed by atoms with van der Waals surface area (Å²) < 4.78 is 0. The number of hydrogen-bond donors (Lipinski definition) is 1. The van der Waals surface area contributed by atoms with Crippen LogP contribution in [0.5, 0.6) is 0 Å². The van der Waals surface area contributed by atoms with Crippen LogP contribution in [-0.4, -0.2) is 13.1 Å². The van der Waals surface area contributed by atoms with Gasteiger partial charge in [-0.05, 0) is 23.9 Å². The van der Waals surface area contributed by atoms with Crippen LogP contribution in [0.2, 0.25) is 0 Å². The Morgan fingerprint density at radius 3 is 2.29 bits per heavy atom. The molecule has 0 bridgehead atoms. The largest absolute Gasteiger partial charge is 0.313 e. The molecule has 0 aliphatic rings. The maximum absolute atomic E-state index is 3.52. The summed E-state index contributed by atoms with van der Waals surface area (Å²) in [6.45, 7) is 11.1. The van der Waals surface area contributed by atoms with Crippen LogP contribution in [0.15, 0.2) is 35.9 Å². The fourth-order valence-corrected chi connectivity index (χ4v) is 1.69. The smallest absolute Gasteiger partial charge is 0.0170 e. The van der Waals surface area contributed by atoms with Crippen molar-refractivity contribution in [2.75, 3.05) is 13.1 Å². The van der Waals surface area contributed by atoms with Gasteiger partial charge in [-0.2, -0.15) is 0 Å². The first-order valence-electron chi connectivity index (χ1n) is 6.56. The fourth-order valence-electron chi connectivity index (χ4n) is 1.69. The second kappa shape index (κ2) is 7.29. The topological polar surface area (TPSA) is 12.0 Å². The van der Waals surface area contributed by atoms with Crippen LogP contribution in [0.25, 0.3) is 6.08 Å². The van der Waals surface area contributed by atoms with Crippen LogP contribution in [0, 0.1) is 11.8 Å². The van der Waals surface area contributed by atoms with Gasteiger partial charge in [0, 0.05) is 6.54 Å². The van der Waals surface area contributed by atoms with Gasteiger partial charge in [0.1, 0.15) is 0 Å². The molecular weight excluding hydrogens is 206 g/mol. The van der Waals surface area contributed by atoms with Crippen molar-refractivity contribution in [1.29, 1.82) is 0 Å². The average molecular weight is 231 g/mol. The van der Waals surface area contributed by atoms with E-state index in [1.54, 1.807) is 0 Å². The molecule has 0 saturated carbocycles. The van der Waals surface area contributed by atoms with Crippen LogP contribution in [0.1, 0.15) is 33.3 Å². The number of hydrogen-bond acceptors (Lipinski definition) is 1. The monoisotopic (exact) mass is 231 g/mol. The lowest BCUT2D eigenvalue weighted by Gasteiger charge is -2.14. The summed E-state index contributed by atoms with van der Waals surface area (Å²) in [5, 5.41) is 3.52. The maximum Gasteiger partial charge on any atom is 0.0170 e. The van der Waals surface area contributed by atoms with Gasteiger partial charge >= 0.3 is 0 Å². The Labute approximate surface area is 106 Å². The lowest BCUT2D eigenvalue weighted by atomic mass is 10.00. The molecule has 0 aliphatic carbocycles. The molecule has 0 aliphatic heterocycles. The standard InChI is InChI=1S/C16H25N/c1-13(2)11-17-12-16(14(3)4)10-15-8-6-5-7-9-15/h5-10,13-14,17H,11-12H2,1-4H3. The van der Waals surface area contributed by atoms with E-state index < -0.39 is 0 Å². The first kappa shape index (κ1) is 14.0. The van der Waals surface area contributed by atoms with Crippen molar-refractivity contribution >= 4 is 6.08 Å². The molecule has 94 valence electrons. The van der Waals surface area contributed by atoms with Gasteiger partial charge in [0.05, 0.1) is 0 Å². The number of nitrogens with one attached hydrogen (secondary N) is 1. The summed E-state index contributed by atoms with van der Waals surface area (Å²) in [5.74, 6) is 1.30. The van der Waals surface area contributed by atoms with Gasteiger partial charge in [0.25, 0.3) is 0 Å². The van der Waals surface area contributed by atoms with Crippen LogP contribution in [0.4, 0.5) is 0 Å². The summed E-state index contributed by atoms with van der Waals surface area (Å²) in [5.41, 5.74) is 2.76. The molecule has 0 saturated heterocycles. The molecule has 1 aromatic carbocycles. The third kappa shape index (κ3) is 5.69. The summed E-state index contributed by atoms with van der Waals surface area (Å²) in [7, 11) is 0. The number of rotatable bonds is 6. The molecule has 0 unspecified atom stereocenters. The predicted molar refractivity (Wildman–Crippen MR) is 77.0 cm³/mol. The Kier molecular flexibility index (Phi) is 5.99. The van der Waals surface area contributed by atoms with E-state index >= 15 is 0 Å². The second-order valence-corrected chi connectivity index (χ2v) is 5.31. The second-order valence-electron chi connectivity index (χ2n) is 5.31. The highest BCUT2D eigenvalue weighted by atomic mass is 14.9. The molecule has 0 radical (unpaired) electrons. The van der Waals surface area contributed by atoms with Crippen molar-refractivity contribution in [1.82, 2.24) is 5.32 Å². The highest BCUT2D eigenvalue weighted by Crippen LogP contribution is 2.13. The minimum Gasteiger partial charge on any atom is -0.313 e. The Balaban J connectivity index is 2.63. The lowest BCUT2D eigenvalue weighted by Crippen LogP contribution is -2.23. The molecular formula is C16H25N. The molecule has 1 rings (SSSR count). The Bertz CT molecular complexity index is 336. The van der Waals surface area contributed by atoms with Crippen LogP contribution in [-0.2, 0) is 0 Å². The van der Waals surface area contributed by atoms with Crippen molar-refractivity contribution in [3.8, 4) is 0 Å². The Morgan fingerprint density at radius 2 is 1.76 bits per heavy atom. The van der Waals surface area contributed by atoms with E-state index in [0.29, 0.717) is 11.8 Å². The first-order chi connectivity index (χ1) is 8.09. The molecule has 1 heteroatoms. The normalized spacial score (nSPS) is 12.5. The number of benzene rings is 1. The van der Waals surface area contributed by atoms with E-state index in [0.717, 1.165) is 13.1 Å². The van der Waals surface area contributed by atoms with Gasteiger partial charge in [-0.25, -0.2) is 0 Å². The maximum atomic E-state index is 3.52. The molecule has 0 amide bonds. The molecule has 0 fully saturated rings. The van der Waals surface area contributed by atoms with E-state index in [9.17, 15) is 0 Å². The summed E-state index contributed by atoms with van der Waals surface area (Å²) >= 11 is 0. The van der Waals surface area contributed by atoms with Gasteiger partial charge < -0.3 is 5.32 Å². The third-order valence-electron chi connectivity index (χ3n) is 2.77. The van der Waals surface area contributed by atoms with Crippen molar-refractivity contribution in [2.24, 2.45) is 11.8 Å². The SMILES string of the molecule is CC(C)CNCC(=Cc1ccccc1)C(C)C. The van der Waals surface area contributed by atoms with Gasteiger partial charge in [-0.15, -0.1) is 0 Å². The molecule has 1 nitrogen and oxygen atoms in total. The van der Waals surface area contributed by atoms with E-state index in [1.165, 1.54) is 11.1 Å². The van der Waals surface area contributed by atoms with E-state index in [1.807, 2.05) is 0 Å².